The summed E-state index contributed by atoms with van der Waals surface area (Å²) in [5.74, 6) is -0.740. The highest BCUT2D eigenvalue weighted by molar-refractivity contribution is 7.09. The smallest absolute Gasteiger partial charge is 0.317 e. The van der Waals surface area contributed by atoms with Gasteiger partial charge in [-0.25, -0.2) is 4.98 Å². The van der Waals surface area contributed by atoms with Gasteiger partial charge in [-0.05, 0) is 19.4 Å². The molecule has 1 heterocycles. The molecule has 22 heavy (non-hydrogen) atoms. The zero-order valence-electron chi connectivity index (χ0n) is 13.9. The molecule has 0 spiro atoms. The number of nitrogens with one attached hydrogen (secondary N) is 1. The molecule has 0 bridgehead atoms. The van der Waals surface area contributed by atoms with E-state index in [-0.39, 0.29) is 12.0 Å². The predicted molar refractivity (Wildman–Crippen MR) is 89.3 cm³/mol. The first-order valence-electron chi connectivity index (χ1n) is 7.93. The number of aromatic nitrogens is 1. The Balaban J connectivity index is 1.74. The number of aliphatic carboxylic acids is 1. The van der Waals surface area contributed by atoms with Gasteiger partial charge in [-0.15, -0.1) is 11.3 Å². The molecule has 0 aromatic carbocycles. The molecule has 0 radical (unpaired) electrons. The van der Waals surface area contributed by atoms with Crippen LogP contribution in [0.1, 0.15) is 51.2 Å². The highest BCUT2D eigenvalue weighted by Crippen LogP contribution is 2.27. The Morgan fingerprint density at radius 1 is 1.50 bits per heavy atom. The summed E-state index contributed by atoms with van der Waals surface area (Å²) in [7, 11) is 0. The Labute approximate surface area is 136 Å². The highest BCUT2D eigenvalue weighted by Gasteiger charge is 2.33. The Bertz CT molecular complexity index is 504. The molecule has 0 saturated heterocycles. The minimum atomic E-state index is -0.740. The lowest BCUT2D eigenvalue weighted by molar-refractivity contribution is -0.139. The molecule has 1 aliphatic rings. The largest absolute Gasteiger partial charge is 0.480 e. The van der Waals surface area contributed by atoms with Crippen LogP contribution in [-0.4, -0.2) is 46.1 Å². The number of hydrogen-bond donors (Lipinski definition) is 2. The Hall–Kier alpha value is -0.980. The first-order chi connectivity index (χ1) is 10.3. The molecule has 1 aromatic heterocycles. The maximum atomic E-state index is 10.8. The zero-order valence-corrected chi connectivity index (χ0v) is 14.7. The van der Waals surface area contributed by atoms with Gasteiger partial charge in [0.25, 0.3) is 0 Å². The minimum Gasteiger partial charge on any atom is -0.480 e. The average Bonchev–Trinajstić information content (AvgIpc) is 2.83. The molecule has 6 heteroatoms. The van der Waals surface area contributed by atoms with Gasteiger partial charge in [-0.3, -0.25) is 9.69 Å². The monoisotopic (exact) mass is 325 g/mol. The molecule has 0 amide bonds. The van der Waals surface area contributed by atoms with Gasteiger partial charge in [0.2, 0.25) is 0 Å². The molecule has 2 rings (SSSR count). The molecule has 5 nitrogen and oxygen atoms in total. The van der Waals surface area contributed by atoms with Gasteiger partial charge in [-0.2, -0.15) is 0 Å². The lowest BCUT2D eigenvalue weighted by Gasteiger charge is -2.42. The molecule has 124 valence electrons. The highest BCUT2D eigenvalue weighted by atomic mass is 32.1. The molecular weight excluding hydrogens is 298 g/mol. The van der Waals surface area contributed by atoms with Crippen molar-refractivity contribution in [3.63, 3.8) is 0 Å². The van der Waals surface area contributed by atoms with E-state index in [0.717, 1.165) is 31.6 Å². The second kappa shape index (κ2) is 7.06. The summed E-state index contributed by atoms with van der Waals surface area (Å²) in [6.45, 7) is 10.3. The summed E-state index contributed by atoms with van der Waals surface area (Å²) in [4.78, 5) is 17.6. The van der Waals surface area contributed by atoms with E-state index in [4.69, 9.17) is 5.11 Å². The van der Waals surface area contributed by atoms with Crippen LogP contribution < -0.4 is 5.32 Å². The van der Waals surface area contributed by atoms with E-state index in [9.17, 15) is 4.79 Å². The predicted octanol–water partition coefficient (Wildman–Crippen LogP) is 2.47. The Morgan fingerprint density at radius 3 is 2.68 bits per heavy atom. The number of carbonyl (C=O) groups is 1. The summed E-state index contributed by atoms with van der Waals surface area (Å²) in [5, 5.41) is 15.7. The fourth-order valence-corrected chi connectivity index (χ4v) is 3.61. The van der Waals surface area contributed by atoms with E-state index >= 15 is 0 Å². The summed E-state index contributed by atoms with van der Waals surface area (Å²) >= 11 is 1.73. The molecule has 1 aliphatic carbocycles. The van der Waals surface area contributed by atoms with Crippen molar-refractivity contribution in [2.75, 3.05) is 13.1 Å². The van der Waals surface area contributed by atoms with Crippen molar-refractivity contribution >= 4 is 17.3 Å². The van der Waals surface area contributed by atoms with Crippen LogP contribution in [0.3, 0.4) is 0 Å². The van der Waals surface area contributed by atoms with Crippen LogP contribution in [-0.2, 0) is 16.8 Å². The van der Waals surface area contributed by atoms with Crippen LogP contribution in [0.2, 0.25) is 0 Å². The number of thiazole rings is 1. The summed E-state index contributed by atoms with van der Waals surface area (Å²) in [5.41, 5.74) is 1.22. The second-order valence-corrected chi connectivity index (χ2v) is 7.91. The van der Waals surface area contributed by atoms with Crippen LogP contribution in [0.5, 0.6) is 0 Å². The Kier molecular flexibility index (Phi) is 5.58. The van der Waals surface area contributed by atoms with E-state index < -0.39 is 5.97 Å². The number of nitrogens with zero attached hydrogens (tertiary/aromatic N) is 2. The van der Waals surface area contributed by atoms with Crippen LogP contribution >= 0.6 is 11.3 Å². The van der Waals surface area contributed by atoms with Gasteiger partial charge in [0.1, 0.15) is 0 Å². The zero-order chi connectivity index (χ0) is 16.3. The molecule has 1 saturated carbocycles. The lowest BCUT2D eigenvalue weighted by atomic mass is 9.85. The minimum absolute atomic E-state index is 0.114. The maximum absolute atomic E-state index is 10.8. The fourth-order valence-electron chi connectivity index (χ4n) is 2.71. The third kappa shape index (κ3) is 4.51. The first kappa shape index (κ1) is 17.4. The van der Waals surface area contributed by atoms with Crippen LogP contribution in [0.25, 0.3) is 0 Å². The van der Waals surface area contributed by atoms with Crippen molar-refractivity contribution in [2.24, 2.45) is 0 Å². The number of likely N-dealkylation sites (N-methyl/N-ethyl adjacent to an activating group) is 1. The van der Waals surface area contributed by atoms with Crippen molar-refractivity contribution in [1.82, 2.24) is 15.2 Å². The first-order valence-corrected chi connectivity index (χ1v) is 8.81. The third-order valence-electron chi connectivity index (χ3n) is 4.14. The Morgan fingerprint density at radius 2 is 2.18 bits per heavy atom. The van der Waals surface area contributed by atoms with E-state index in [1.807, 2.05) is 11.8 Å². The van der Waals surface area contributed by atoms with Gasteiger partial charge in [-0.1, -0.05) is 27.7 Å². The number of carboxylic acids is 1. The molecule has 1 aromatic rings. The lowest BCUT2D eigenvalue weighted by Crippen LogP contribution is -2.53. The van der Waals surface area contributed by atoms with Crippen molar-refractivity contribution in [3.8, 4) is 0 Å². The standard InChI is InChI=1S/C16H27N3O2S/c1-5-19(9-14(20)21)13-6-11(7-13)17-8-12-10-22-15(18-12)16(2,3)4/h10-11,13,17H,5-9H2,1-4H3,(H,20,21). The second-order valence-electron chi connectivity index (χ2n) is 7.05. The topological polar surface area (TPSA) is 65.5 Å². The quantitative estimate of drug-likeness (QED) is 0.806. The molecule has 0 unspecified atom stereocenters. The summed E-state index contributed by atoms with van der Waals surface area (Å²) in [6, 6.07) is 0.881. The average molecular weight is 325 g/mol. The number of rotatable bonds is 7. The summed E-state index contributed by atoms with van der Waals surface area (Å²) in [6.07, 6.45) is 2.05. The van der Waals surface area contributed by atoms with Crippen LogP contribution in [0.15, 0.2) is 5.38 Å². The van der Waals surface area contributed by atoms with Crippen molar-refractivity contribution in [1.29, 1.82) is 0 Å². The van der Waals surface area contributed by atoms with Gasteiger partial charge < -0.3 is 10.4 Å². The van der Waals surface area contributed by atoms with Gasteiger partial charge >= 0.3 is 5.97 Å². The number of carboxylic acid groups (broad SMARTS) is 1. The van der Waals surface area contributed by atoms with Gasteiger partial charge in [0, 0.05) is 29.4 Å². The van der Waals surface area contributed by atoms with E-state index in [1.54, 1.807) is 11.3 Å². The van der Waals surface area contributed by atoms with E-state index in [1.165, 1.54) is 5.01 Å². The fraction of sp³-hybridized carbons (Fsp3) is 0.750. The van der Waals surface area contributed by atoms with Crippen molar-refractivity contribution in [2.45, 2.75) is 64.6 Å². The van der Waals surface area contributed by atoms with Gasteiger partial charge in [0.15, 0.2) is 0 Å². The van der Waals surface area contributed by atoms with Gasteiger partial charge in [0.05, 0.1) is 17.2 Å². The molecular formula is C16H27N3O2S. The van der Waals surface area contributed by atoms with Crippen molar-refractivity contribution < 1.29 is 9.90 Å². The third-order valence-corrected chi connectivity index (χ3v) is 5.46. The molecule has 2 N–H and O–H groups in total. The van der Waals surface area contributed by atoms with Crippen LogP contribution in [0.4, 0.5) is 0 Å². The van der Waals surface area contributed by atoms with Crippen molar-refractivity contribution in [3.05, 3.63) is 16.1 Å². The normalized spacial score (nSPS) is 21.9. The maximum Gasteiger partial charge on any atom is 0.317 e. The van der Waals surface area contributed by atoms with E-state index in [0.29, 0.717) is 12.1 Å². The number of hydrogen-bond acceptors (Lipinski definition) is 5. The molecule has 0 aliphatic heterocycles. The SMILES string of the molecule is CCN(CC(=O)O)C1CC(NCc2csc(C(C)(C)C)n2)C1. The van der Waals surface area contributed by atoms with Crippen LogP contribution in [0, 0.1) is 0 Å². The molecule has 1 fully saturated rings. The molecule has 0 atom stereocenters. The van der Waals surface area contributed by atoms with E-state index in [2.05, 4.69) is 36.5 Å². The summed E-state index contributed by atoms with van der Waals surface area (Å²) < 4.78 is 0.